The molecule has 1 N–H and O–H groups in total. The third-order valence-electron chi connectivity index (χ3n) is 4.55. The van der Waals surface area contributed by atoms with Gasteiger partial charge in [-0.25, -0.2) is 0 Å². The van der Waals surface area contributed by atoms with Crippen molar-refractivity contribution in [1.82, 2.24) is 5.32 Å². The standard InChI is InChI=1S/C14H12ClF14NO/c15-14(28,29)13(26,27)12(24,25)11(22,23)10(20,21)9(18,19)8(16,17)7(31)30-6-4-2-1-3-5-6/h6H,1-5H2,(H,30,31). The van der Waals surface area contributed by atoms with E-state index in [0.717, 1.165) is 5.32 Å². The molecule has 0 aromatic rings. The molecule has 2 nitrogen and oxygen atoms in total. The molecule has 1 saturated carbocycles. The Balaban J connectivity index is 3.38. The Labute approximate surface area is 169 Å². The predicted octanol–water partition coefficient (Wildman–Crippen LogP) is 6.08. The Morgan fingerprint density at radius 3 is 1.35 bits per heavy atom. The SMILES string of the molecule is O=C(NC1CCCCC1)C(F)(F)C(F)(F)C(F)(F)C(F)(F)C(F)(F)C(F)(F)C(F)(F)Cl. The Kier molecular flexibility index (Phi) is 7.15. The van der Waals surface area contributed by atoms with Crippen LogP contribution in [0.2, 0.25) is 0 Å². The molecule has 31 heavy (non-hydrogen) atoms. The summed E-state index contributed by atoms with van der Waals surface area (Å²) in [6.45, 7) is 0. The van der Waals surface area contributed by atoms with Crippen LogP contribution in [0.15, 0.2) is 0 Å². The molecule has 0 aromatic carbocycles. The molecule has 0 spiro atoms. The van der Waals surface area contributed by atoms with Gasteiger partial charge in [0.25, 0.3) is 5.91 Å². The second kappa shape index (κ2) is 7.97. The maximum Gasteiger partial charge on any atom is 0.393 e. The average molecular weight is 512 g/mol. The Morgan fingerprint density at radius 1 is 0.613 bits per heavy atom. The molecular formula is C14H12ClF14NO. The highest BCUT2D eigenvalue weighted by atomic mass is 35.5. The summed E-state index contributed by atoms with van der Waals surface area (Å²) >= 11 is 3.49. The second-order valence-corrected chi connectivity index (χ2v) is 7.23. The van der Waals surface area contributed by atoms with Gasteiger partial charge >= 0.3 is 40.9 Å². The van der Waals surface area contributed by atoms with E-state index in [9.17, 15) is 66.3 Å². The summed E-state index contributed by atoms with van der Waals surface area (Å²) in [7, 11) is 0. The second-order valence-electron chi connectivity index (χ2n) is 6.75. The molecule has 0 atom stereocenters. The van der Waals surface area contributed by atoms with Crippen LogP contribution >= 0.6 is 11.6 Å². The van der Waals surface area contributed by atoms with E-state index in [1.165, 1.54) is 0 Å². The van der Waals surface area contributed by atoms with Gasteiger partial charge < -0.3 is 5.32 Å². The van der Waals surface area contributed by atoms with E-state index in [1.54, 1.807) is 0 Å². The zero-order chi connectivity index (χ0) is 24.9. The van der Waals surface area contributed by atoms with E-state index in [1.807, 2.05) is 0 Å². The van der Waals surface area contributed by atoms with Gasteiger partial charge in [0, 0.05) is 6.04 Å². The Morgan fingerprint density at radius 2 is 0.968 bits per heavy atom. The fraction of sp³-hybridized carbons (Fsp3) is 0.929. The van der Waals surface area contributed by atoms with Crippen LogP contribution in [0.5, 0.6) is 0 Å². The van der Waals surface area contributed by atoms with Crippen LogP contribution in [-0.2, 0) is 4.79 Å². The summed E-state index contributed by atoms with van der Waals surface area (Å²) in [5.74, 6) is -49.9. The van der Waals surface area contributed by atoms with Gasteiger partial charge in [-0.2, -0.15) is 61.5 Å². The largest absolute Gasteiger partial charge is 0.393 e. The van der Waals surface area contributed by atoms with Crippen molar-refractivity contribution in [2.45, 2.75) is 79.1 Å². The van der Waals surface area contributed by atoms with E-state index < -0.39 is 52.9 Å². The summed E-state index contributed by atoms with van der Waals surface area (Å²) < 4.78 is 186. The molecule has 0 bridgehead atoms. The number of carbonyl (C=O) groups excluding carboxylic acids is 1. The molecule has 0 radical (unpaired) electrons. The minimum atomic E-state index is -8.24. The summed E-state index contributed by atoms with van der Waals surface area (Å²) in [5.41, 5.74) is 0. The minimum Gasteiger partial charge on any atom is -0.348 e. The molecule has 0 aliphatic heterocycles. The first-order valence-electron chi connectivity index (χ1n) is 8.14. The lowest BCUT2D eigenvalue weighted by Gasteiger charge is -2.41. The van der Waals surface area contributed by atoms with Gasteiger partial charge in [-0.1, -0.05) is 19.3 Å². The van der Waals surface area contributed by atoms with Crippen LogP contribution in [0.3, 0.4) is 0 Å². The lowest BCUT2D eigenvalue weighted by Crippen LogP contribution is -2.74. The van der Waals surface area contributed by atoms with Gasteiger partial charge in [0.15, 0.2) is 0 Å². The quantitative estimate of drug-likeness (QED) is 0.311. The Hall–Kier alpha value is -1.22. The number of rotatable bonds is 8. The van der Waals surface area contributed by atoms with Gasteiger partial charge in [0.1, 0.15) is 0 Å². The topological polar surface area (TPSA) is 29.1 Å². The number of halogens is 15. The van der Waals surface area contributed by atoms with Crippen LogP contribution in [-0.4, -0.2) is 52.9 Å². The number of alkyl halides is 15. The van der Waals surface area contributed by atoms with Gasteiger partial charge in [0.05, 0.1) is 0 Å². The maximum absolute atomic E-state index is 13.7. The molecule has 1 amide bonds. The van der Waals surface area contributed by atoms with Crippen LogP contribution in [0, 0.1) is 0 Å². The molecular weight excluding hydrogens is 500 g/mol. The molecule has 0 heterocycles. The molecule has 0 saturated heterocycles. The molecule has 1 rings (SSSR count). The van der Waals surface area contributed by atoms with E-state index in [-0.39, 0.29) is 25.7 Å². The number of carbonyl (C=O) groups is 1. The zero-order valence-corrected chi connectivity index (χ0v) is 15.4. The number of nitrogens with one attached hydrogen (secondary N) is 1. The summed E-state index contributed by atoms with van der Waals surface area (Å²) in [6, 6.07) is -1.28. The summed E-state index contributed by atoms with van der Waals surface area (Å²) in [6.07, 6.45) is 0.867. The average Bonchev–Trinajstić information content (AvgIpc) is 2.60. The molecule has 0 unspecified atom stereocenters. The molecule has 17 heteroatoms. The molecule has 1 aliphatic rings. The molecule has 1 fully saturated rings. The highest BCUT2D eigenvalue weighted by Gasteiger charge is 2.93. The van der Waals surface area contributed by atoms with E-state index in [0.29, 0.717) is 6.42 Å². The van der Waals surface area contributed by atoms with E-state index >= 15 is 0 Å². The van der Waals surface area contributed by atoms with Crippen molar-refractivity contribution in [3.63, 3.8) is 0 Å². The van der Waals surface area contributed by atoms with Crippen LogP contribution in [0.25, 0.3) is 0 Å². The summed E-state index contributed by atoms with van der Waals surface area (Å²) in [4.78, 5) is 11.4. The number of hydrogen-bond donors (Lipinski definition) is 1. The van der Waals surface area contributed by atoms with E-state index in [2.05, 4.69) is 11.6 Å². The van der Waals surface area contributed by atoms with Crippen LogP contribution in [0.4, 0.5) is 61.5 Å². The number of amides is 1. The van der Waals surface area contributed by atoms with Crippen LogP contribution in [0.1, 0.15) is 32.1 Å². The minimum absolute atomic E-state index is 0.102. The smallest absolute Gasteiger partial charge is 0.348 e. The first-order chi connectivity index (χ1) is 13.5. The van der Waals surface area contributed by atoms with Gasteiger partial charge in [-0.05, 0) is 24.4 Å². The highest BCUT2D eigenvalue weighted by Crippen LogP contribution is 2.62. The normalized spacial score (nSPS) is 18.8. The highest BCUT2D eigenvalue weighted by molar-refractivity contribution is 6.22. The third-order valence-corrected chi connectivity index (χ3v) is 4.79. The van der Waals surface area contributed by atoms with Crippen molar-refractivity contribution in [1.29, 1.82) is 0 Å². The van der Waals surface area contributed by atoms with E-state index in [4.69, 9.17) is 0 Å². The fourth-order valence-corrected chi connectivity index (χ4v) is 2.75. The molecule has 0 aromatic heterocycles. The third kappa shape index (κ3) is 4.12. The summed E-state index contributed by atoms with van der Waals surface area (Å²) in [5, 5.41) is -5.53. The van der Waals surface area contributed by atoms with Crippen molar-refractivity contribution in [2.75, 3.05) is 0 Å². The zero-order valence-electron chi connectivity index (χ0n) is 14.7. The van der Waals surface area contributed by atoms with Gasteiger partial charge in [-0.3, -0.25) is 4.79 Å². The van der Waals surface area contributed by atoms with Crippen molar-refractivity contribution >= 4 is 17.5 Å². The first-order valence-corrected chi connectivity index (χ1v) is 8.52. The monoisotopic (exact) mass is 511 g/mol. The predicted molar refractivity (Wildman–Crippen MR) is 75.5 cm³/mol. The number of hydrogen-bond acceptors (Lipinski definition) is 1. The maximum atomic E-state index is 13.7. The van der Waals surface area contributed by atoms with Crippen molar-refractivity contribution in [3.05, 3.63) is 0 Å². The van der Waals surface area contributed by atoms with Crippen molar-refractivity contribution in [3.8, 4) is 0 Å². The molecule has 1 aliphatic carbocycles. The lowest BCUT2D eigenvalue weighted by molar-refractivity contribution is -0.431. The Bertz CT molecular complexity index is 668. The lowest BCUT2D eigenvalue weighted by atomic mass is 9.90. The van der Waals surface area contributed by atoms with Gasteiger partial charge in [0.2, 0.25) is 0 Å². The molecule has 184 valence electrons. The van der Waals surface area contributed by atoms with Crippen LogP contribution < -0.4 is 5.32 Å². The fourth-order valence-electron chi connectivity index (χ4n) is 2.63. The van der Waals surface area contributed by atoms with Crippen molar-refractivity contribution < 1.29 is 66.3 Å². The first kappa shape index (κ1) is 27.8. The van der Waals surface area contributed by atoms with Crippen molar-refractivity contribution in [2.24, 2.45) is 0 Å². The van der Waals surface area contributed by atoms with Gasteiger partial charge in [-0.15, -0.1) is 0 Å².